The van der Waals surface area contributed by atoms with Crippen LogP contribution in [0.15, 0.2) is 12.2 Å². The molecule has 1 N–H and O–H groups in total. The normalized spacial score (nSPS) is 12.9. The first-order valence-corrected chi connectivity index (χ1v) is 3.86. The van der Waals surface area contributed by atoms with E-state index in [9.17, 15) is 0 Å². The van der Waals surface area contributed by atoms with Crippen molar-refractivity contribution in [2.24, 2.45) is 0 Å². The Balaban J connectivity index is 0. The molecule has 0 bridgehead atoms. The Kier molecular flexibility index (Phi) is 20.0. The molecule has 0 aromatic rings. The highest BCUT2D eigenvalue weighted by Crippen LogP contribution is 1.75. The van der Waals surface area contributed by atoms with Crippen molar-refractivity contribution in [2.45, 2.75) is 27.7 Å². The molecule has 56 valence electrons. The van der Waals surface area contributed by atoms with Gasteiger partial charge >= 0.3 is 0 Å². The summed E-state index contributed by atoms with van der Waals surface area (Å²) >= 11 is 0. The van der Waals surface area contributed by atoms with Crippen LogP contribution in [0.4, 0.5) is 0 Å². The summed E-state index contributed by atoms with van der Waals surface area (Å²) in [6.07, 6.45) is 4.25. The van der Waals surface area contributed by atoms with Crippen molar-refractivity contribution in [3.8, 4) is 0 Å². The van der Waals surface area contributed by atoms with Gasteiger partial charge in [0, 0.05) is 13.1 Å². The van der Waals surface area contributed by atoms with Crippen LogP contribution in [0.25, 0.3) is 0 Å². The second-order valence-corrected chi connectivity index (χ2v) is 1.13. The van der Waals surface area contributed by atoms with Crippen molar-refractivity contribution in [3.63, 3.8) is 0 Å². The fourth-order valence-electron chi connectivity index (χ4n) is 0.417. The van der Waals surface area contributed by atoms with Gasteiger partial charge in [0.25, 0.3) is 0 Å². The molecule has 1 nitrogen and oxygen atoms in total. The molecule has 1 heteroatoms. The van der Waals surface area contributed by atoms with Crippen molar-refractivity contribution in [2.75, 3.05) is 13.1 Å². The Morgan fingerprint density at radius 1 is 0.889 bits per heavy atom. The molecule has 0 saturated carbocycles. The first-order chi connectivity index (χ1) is 4.50. The summed E-state index contributed by atoms with van der Waals surface area (Å²) in [5.41, 5.74) is 0. The highest BCUT2D eigenvalue weighted by molar-refractivity contribution is 4.92. The van der Waals surface area contributed by atoms with Crippen LogP contribution in [-0.2, 0) is 0 Å². The SMILES string of the molecule is C1=CCNC1.CC.CC. The maximum Gasteiger partial charge on any atom is 0.0138 e. The van der Waals surface area contributed by atoms with E-state index in [1.807, 2.05) is 27.7 Å². The molecular formula is C8H19N. The van der Waals surface area contributed by atoms with E-state index in [0.29, 0.717) is 0 Å². The van der Waals surface area contributed by atoms with Crippen LogP contribution < -0.4 is 5.32 Å². The molecule has 0 atom stereocenters. The average molecular weight is 129 g/mol. The Labute approximate surface area is 59.2 Å². The minimum atomic E-state index is 1.07. The molecule has 1 aliphatic heterocycles. The molecule has 0 saturated heterocycles. The van der Waals surface area contributed by atoms with Crippen molar-refractivity contribution in [1.82, 2.24) is 5.32 Å². The lowest BCUT2D eigenvalue weighted by Crippen LogP contribution is -2.04. The van der Waals surface area contributed by atoms with Crippen LogP contribution in [0.1, 0.15) is 27.7 Å². The van der Waals surface area contributed by atoms with E-state index >= 15 is 0 Å². The number of rotatable bonds is 0. The monoisotopic (exact) mass is 129 g/mol. The molecule has 0 aliphatic carbocycles. The predicted molar refractivity (Wildman–Crippen MR) is 44.7 cm³/mol. The van der Waals surface area contributed by atoms with Gasteiger partial charge in [0.05, 0.1) is 0 Å². The van der Waals surface area contributed by atoms with Gasteiger partial charge in [-0.25, -0.2) is 0 Å². The van der Waals surface area contributed by atoms with Crippen LogP contribution >= 0.6 is 0 Å². The maximum absolute atomic E-state index is 3.11. The lowest BCUT2D eigenvalue weighted by molar-refractivity contribution is 0.892. The summed E-state index contributed by atoms with van der Waals surface area (Å²) in [4.78, 5) is 0. The lowest BCUT2D eigenvalue weighted by atomic mass is 10.6. The van der Waals surface area contributed by atoms with E-state index in [1.165, 1.54) is 0 Å². The van der Waals surface area contributed by atoms with Crippen molar-refractivity contribution < 1.29 is 0 Å². The molecule has 0 unspecified atom stereocenters. The highest BCUT2D eigenvalue weighted by Gasteiger charge is 1.81. The van der Waals surface area contributed by atoms with Gasteiger partial charge in [0.15, 0.2) is 0 Å². The third-order valence-electron chi connectivity index (χ3n) is 0.691. The Hall–Kier alpha value is -0.300. The summed E-state index contributed by atoms with van der Waals surface area (Å²) in [7, 11) is 0. The minimum Gasteiger partial charge on any atom is -0.310 e. The average Bonchev–Trinajstić information content (AvgIpc) is 2.51. The fourth-order valence-corrected chi connectivity index (χ4v) is 0.417. The fraction of sp³-hybridized carbons (Fsp3) is 0.750. The van der Waals surface area contributed by atoms with Crippen LogP contribution in [0.3, 0.4) is 0 Å². The van der Waals surface area contributed by atoms with E-state index in [2.05, 4.69) is 17.5 Å². The van der Waals surface area contributed by atoms with Crippen LogP contribution in [0.2, 0.25) is 0 Å². The molecule has 0 aromatic heterocycles. The van der Waals surface area contributed by atoms with Gasteiger partial charge in [-0.3, -0.25) is 0 Å². The molecule has 9 heavy (non-hydrogen) atoms. The number of hydrogen-bond acceptors (Lipinski definition) is 1. The largest absolute Gasteiger partial charge is 0.310 e. The number of nitrogens with one attached hydrogen (secondary N) is 1. The van der Waals surface area contributed by atoms with E-state index in [-0.39, 0.29) is 0 Å². The first-order valence-electron chi connectivity index (χ1n) is 3.86. The molecule has 0 radical (unpaired) electrons. The van der Waals surface area contributed by atoms with Crippen molar-refractivity contribution in [1.29, 1.82) is 0 Å². The molecule has 0 spiro atoms. The second-order valence-electron chi connectivity index (χ2n) is 1.13. The molecule has 1 rings (SSSR count). The Morgan fingerprint density at radius 2 is 1.22 bits per heavy atom. The van der Waals surface area contributed by atoms with Crippen LogP contribution in [0.5, 0.6) is 0 Å². The topological polar surface area (TPSA) is 12.0 Å². The maximum atomic E-state index is 3.11. The molecule has 1 heterocycles. The quantitative estimate of drug-likeness (QED) is 0.494. The van der Waals surface area contributed by atoms with Gasteiger partial charge in [-0.15, -0.1) is 0 Å². The Bertz CT molecular complexity index is 42.5. The molecule has 0 aromatic carbocycles. The second kappa shape index (κ2) is 15.6. The van der Waals surface area contributed by atoms with E-state index < -0.39 is 0 Å². The standard InChI is InChI=1S/C4H7N.2C2H6/c1-2-4-5-3-1;2*1-2/h1-2,5H,3-4H2;2*1-2H3. The van der Waals surface area contributed by atoms with Gasteiger partial charge in [-0.05, 0) is 0 Å². The molecule has 1 aliphatic rings. The van der Waals surface area contributed by atoms with Crippen LogP contribution in [0, 0.1) is 0 Å². The summed E-state index contributed by atoms with van der Waals surface area (Å²) in [5.74, 6) is 0. The van der Waals surface area contributed by atoms with Crippen molar-refractivity contribution in [3.05, 3.63) is 12.2 Å². The van der Waals surface area contributed by atoms with E-state index in [1.54, 1.807) is 0 Å². The van der Waals surface area contributed by atoms with Gasteiger partial charge in [0.2, 0.25) is 0 Å². The Morgan fingerprint density at radius 3 is 1.33 bits per heavy atom. The first kappa shape index (κ1) is 11.5. The predicted octanol–water partition coefficient (Wildman–Crippen LogP) is 2.20. The molecular weight excluding hydrogens is 110 g/mol. The zero-order valence-corrected chi connectivity index (χ0v) is 7.07. The highest BCUT2D eigenvalue weighted by atomic mass is 14.9. The lowest BCUT2D eigenvalue weighted by Gasteiger charge is -1.77. The van der Waals surface area contributed by atoms with Gasteiger partial charge in [0.1, 0.15) is 0 Å². The van der Waals surface area contributed by atoms with Gasteiger partial charge in [-0.2, -0.15) is 0 Å². The van der Waals surface area contributed by atoms with Gasteiger partial charge in [-0.1, -0.05) is 39.8 Å². The summed E-state index contributed by atoms with van der Waals surface area (Å²) in [6.45, 7) is 10.1. The summed E-state index contributed by atoms with van der Waals surface area (Å²) in [6, 6.07) is 0. The van der Waals surface area contributed by atoms with Gasteiger partial charge < -0.3 is 5.32 Å². The zero-order chi connectivity index (χ0) is 7.54. The smallest absolute Gasteiger partial charge is 0.0138 e. The molecule has 0 amide bonds. The van der Waals surface area contributed by atoms with E-state index in [0.717, 1.165) is 13.1 Å². The third kappa shape index (κ3) is 11.3. The van der Waals surface area contributed by atoms with E-state index in [4.69, 9.17) is 0 Å². The summed E-state index contributed by atoms with van der Waals surface area (Å²) in [5, 5.41) is 3.11. The summed E-state index contributed by atoms with van der Waals surface area (Å²) < 4.78 is 0. The molecule has 0 fully saturated rings. The third-order valence-corrected chi connectivity index (χ3v) is 0.691. The van der Waals surface area contributed by atoms with Crippen LogP contribution in [-0.4, -0.2) is 13.1 Å². The zero-order valence-electron chi connectivity index (χ0n) is 7.07. The van der Waals surface area contributed by atoms with Crippen molar-refractivity contribution >= 4 is 0 Å². The number of hydrogen-bond donors (Lipinski definition) is 1. The minimum absolute atomic E-state index is 1.07.